The summed E-state index contributed by atoms with van der Waals surface area (Å²) in [5, 5.41) is 3.97. The van der Waals surface area contributed by atoms with Crippen LogP contribution in [0, 0.1) is 12.7 Å². The van der Waals surface area contributed by atoms with Crippen LogP contribution in [0.1, 0.15) is 30.0 Å². The summed E-state index contributed by atoms with van der Waals surface area (Å²) in [5.74, 6) is -0.380. The predicted octanol–water partition coefficient (Wildman–Crippen LogP) is 5.62. The fraction of sp³-hybridized carbons (Fsp3) is 0.100. The Hall–Kier alpha value is -4.13. The molecule has 2 aromatic carbocycles. The summed E-state index contributed by atoms with van der Waals surface area (Å²) in [6, 6.07) is 17.5. The normalized spacial score (nSPS) is 15.0. The molecule has 1 aliphatic heterocycles. The monoisotopic (exact) mass is 661 g/mol. The van der Waals surface area contributed by atoms with E-state index in [0.717, 1.165) is 5.69 Å². The van der Waals surface area contributed by atoms with Crippen LogP contribution in [0.25, 0.3) is 6.08 Å². The molecule has 3 aromatic heterocycles. The van der Waals surface area contributed by atoms with E-state index >= 15 is 0 Å². The number of aromatic nitrogens is 3. The first kappa shape index (κ1) is 28.0. The van der Waals surface area contributed by atoms with Gasteiger partial charge in [0.1, 0.15) is 11.6 Å². The van der Waals surface area contributed by atoms with Crippen LogP contribution >= 0.6 is 39.0 Å². The number of nitrogens with zero attached hydrogens (tertiary/aromatic N) is 4. The zero-order valence-corrected chi connectivity index (χ0v) is 25.4. The lowest BCUT2D eigenvalue weighted by molar-refractivity contribution is -0.113. The van der Waals surface area contributed by atoms with Gasteiger partial charge < -0.3 is 9.73 Å². The first-order valence-electron chi connectivity index (χ1n) is 12.7. The first-order valence-corrected chi connectivity index (χ1v) is 15.1. The molecule has 42 heavy (non-hydrogen) atoms. The summed E-state index contributed by atoms with van der Waals surface area (Å²) < 4.78 is 22.4. The molecule has 0 saturated carbocycles. The Morgan fingerprint density at radius 2 is 1.90 bits per heavy atom. The van der Waals surface area contributed by atoms with E-state index in [9.17, 15) is 14.0 Å². The average Bonchev–Trinajstić information content (AvgIpc) is 3.46. The summed E-state index contributed by atoms with van der Waals surface area (Å²) in [6.07, 6.45) is 3.32. The van der Waals surface area contributed by atoms with Crippen LogP contribution in [0.15, 0.2) is 113 Å². The Morgan fingerprint density at radius 1 is 1.14 bits per heavy atom. The van der Waals surface area contributed by atoms with Gasteiger partial charge in [-0.3, -0.25) is 14.2 Å². The Labute approximate surface area is 255 Å². The Kier molecular flexibility index (Phi) is 7.76. The molecule has 8 nitrogen and oxygen atoms in total. The Bertz CT molecular complexity index is 2040. The van der Waals surface area contributed by atoms with Crippen LogP contribution in [0.5, 0.6) is 0 Å². The molecule has 0 unspecified atom stereocenters. The number of carbonyl (C=O) groups is 1. The number of furan rings is 1. The third-order valence-electron chi connectivity index (χ3n) is 6.39. The standard InChI is InChI=1S/C30H21BrFN5O3S2/c1-16-12-13-33-29(34-16)42-28-22(31)14-21(40-28)15-23-27(39)37-25(18-8-10-19(32)11-9-18)24(17(2)35-30(37)41-23)26(38)36-20-6-4-3-5-7-20/h3-15,25H,1-2H3,(H,36,38)/b23-15+/t25-/m1/s1. The highest BCUT2D eigenvalue weighted by Crippen LogP contribution is 2.35. The number of hydrogen-bond donors (Lipinski definition) is 1. The maximum atomic E-state index is 13.9. The molecule has 5 aromatic rings. The largest absolute Gasteiger partial charge is 0.449 e. The topological polar surface area (TPSA) is 102 Å². The van der Waals surface area contributed by atoms with E-state index in [4.69, 9.17) is 4.42 Å². The SMILES string of the molecule is CC1=C(C(=O)Nc2ccccc2)[C@@H](c2ccc(F)cc2)n2c(s/c(=C/c3cc(Br)c(Sc4nccc(C)n4)o3)c2=O)=N1. The van der Waals surface area contributed by atoms with Crippen molar-refractivity contribution in [2.75, 3.05) is 5.32 Å². The summed E-state index contributed by atoms with van der Waals surface area (Å²) in [5.41, 5.74) is 2.42. The number of carbonyl (C=O) groups excluding carboxylic acids is 1. The predicted molar refractivity (Wildman–Crippen MR) is 163 cm³/mol. The van der Waals surface area contributed by atoms with Gasteiger partial charge in [-0.05, 0) is 83.5 Å². The lowest BCUT2D eigenvalue weighted by Crippen LogP contribution is -2.40. The summed E-state index contributed by atoms with van der Waals surface area (Å²) >= 11 is 5.96. The molecule has 1 aliphatic rings. The van der Waals surface area contributed by atoms with Crippen molar-refractivity contribution in [2.45, 2.75) is 30.1 Å². The average molecular weight is 663 g/mol. The van der Waals surface area contributed by atoms with Crippen molar-refractivity contribution in [2.24, 2.45) is 4.99 Å². The molecule has 0 saturated heterocycles. The minimum absolute atomic E-state index is 0.294. The fourth-order valence-electron chi connectivity index (χ4n) is 4.49. The molecule has 0 fully saturated rings. The zero-order chi connectivity index (χ0) is 29.4. The van der Waals surface area contributed by atoms with Gasteiger partial charge in [0.25, 0.3) is 11.5 Å². The summed E-state index contributed by atoms with van der Waals surface area (Å²) in [6.45, 7) is 3.61. The minimum Gasteiger partial charge on any atom is -0.449 e. The quantitative estimate of drug-likeness (QED) is 0.237. The van der Waals surface area contributed by atoms with Crippen molar-refractivity contribution in [3.8, 4) is 0 Å². The maximum absolute atomic E-state index is 13.9. The van der Waals surface area contributed by atoms with Gasteiger partial charge in [-0.1, -0.05) is 41.7 Å². The first-order chi connectivity index (χ1) is 20.3. The minimum atomic E-state index is -0.819. The maximum Gasteiger partial charge on any atom is 0.271 e. The second kappa shape index (κ2) is 11.6. The van der Waals surface area contributed by atoms with E-state index in [2.05, 4.69) is 36.2 Å². The van der Waals surface area contributed by atoms with Gasteiger partial charge in [-0.15, -0.1) is 0 Å². The lowest BCUT2D eigenvalue weighted by Gasteiger charge is -2.25. The van der Waals surface area contributed by atoms with Crippen molar-refractivity contribution in [1.29, 1.82) is 0 Å². The molecule has 1 N–H and O–H groups in total. The smallest absolute Gasteiger partial charge is 0.271 e. The number of thiazole rings is 1. The van der Waals surface area contributed by atoms with Crippen molar-refractivity contribution < 1.29 is 13.6 Å². The number of amides is 1. The van der Waals surface area contributed by atoms with Gasteiger partial charge in [0, 0.05) is 23.7 Å². The van der Waals surface area contributed by atoms with Crippen LogP contribution in [-0.2, 0) is 4.79 Å². The highest BCUT2D eigenvalue weighted by Gasteiger charge is 2.32. The molecule has 4 heterocycles. The Morgan fingerprint density at radius 3 is 2.64 bits per heavy atom. The van der Waals surface area contributed by atoms with Gasteiger partial charge in [0.2, 0.25) is 0 Å². The van der Waals surface area contributed by atoms with E-state index in [1.54, 1.807) is 49.5 Å². The second-order valence-corrected chi connectivity index (χ2v) is 12.1. The number of fused-ring (bicyclic) bond motifs is 1. The van der Waals surface area contributed by atoms with Crippen molar-refractivity contribution >= 4 is 56.7 Å². The second-order valence-electron chi connectivity index (χ2n) is 9.32. The molecule has 12 heteroatoms. The van der Waals surface area contributed by atoms with Crippen molar-refractivity contribution in [3.63, 3.8) is 0 Å². The molecule has 0 aliphatic carbocycles. The Balaban J connectivity index is 1.42. The number of hydrogen-bond acceptors (Lipinski definition) is 8. The van der Waals surface area contributed by atoms with E-state index < -0.39 is 17.8 Å². The molecule has 210 valence electrons. The van der Waals surface area contributed by atoms with Gasteiger partial charge in [0.15, 0.2) is 15.1 Å². The number of allylic oxidation sites excluding steroid dienone is 1. The number of rotatable bonds is 6. The number of nitrogens with one attached hydrogen (secondary N) is 1. The lowest BCUT2D eigenvalue weighted by atomic mass is 9.95. The number of para-hydroxylation sites is 1. The van der Waals surface area contributed by atoms with E-state index in [1.165, 1.54) is 39.8 Å². The van der Waals surface area contributed by atoms with Crippen molar-refractivity contribution in [1.82, 2.24) is 14.5 Å². The number of halogens is 2. The molecule has 1 atom stereocenters. The number of anilines is 1. The summed E-state index contributed by atoms with van der Waals surface area (Å²) in [4.78, 5) is 41.2. The molecule has 1 amide bonds. The van der Waals surface area contributed by atoms with E-state index in [-0.39, 0.29) is 5.56 Å². The van der Waals surface area contributed by atoms with Crippen LogP contribution in [-0.4, -0.2) is 20.4 Å². The number of benzene rings is 2. The molecule has 0 radical (unpaired) electrons. The zero-order valence-electron chi connectivity index (χ0n) is 22.2. The van der Waals surface area contributed by atoms with Gasteiger partial charge in [-0.25, -0.2) is 19.4 Å². The van der Waals surface area contributed by atoms with Crippen LogP contribution in [0.3, 0.4) is 0 Å². The highest BCUT2D eigenvalue weighted by molar-refractivity contribution is 9.10. The summed E-state index contributed by atoms with van der Waals surface area (Å²) in [7, 11) is 0. The van der Waals surface area contributed by atoms with E-state index in [1.807, 2.05) is 31.2 Å². The van der Waals surface area contributed by atoms with Crippen molar-refractivity contribution in [3.05, 3.63) is 131 Å². The molecular formula is C30H21BrFN5O3S2. The van der Waals surface area contributed by atoms with Gasteiger partial charge in [0.05, 0.1) is 26.3 Å². The molecule has 0 bridgehead atoms. The highest BCUT2D eigenvalue weighted by atomic mass is 79.9. The molecular weight excluding hydrogens is 641 g/mol. The number of aryl methyl sites for hydroxylation is 1. The van der Waals surface area contributed by atoms with E-state index in [0.29, 0.717) is 52.3 Å². The van der Waals surface area contributed by atoms with Crippen LogP contribution < -0.4 is 20.2 Å². The van der Waals surface area contributed by atoms with Crippen LogP contribution in [0.4, 0.5) is 10.1 Å². The fourth-order valence-corrected chi connectivity index (χ4v) is 6.83. The molecule has 0 spiro atoms. The molecule has 6 rings (SSSR count). The third-order valence-corrected chi connectivity index (χ3v) is 9.09. The van der Waals surface area contributed by atoms with Gasteiger partial charge >= 0.3 is 0 Å². The van der Waals surface area contributed by atoms with Crippen LogP contribution in [0.2, 0.25) is 0 Å². The van der Waals surface area contributed by atoms with Gasteiger partial charge in [-0.2, -0.15) is 0 Å². The third kappa shape index (κ3) is 5.65.